The maximum atomic E-state index is 11.8. The standard InChI is InChI=1S/C9H10ClIN2O2S2/c1-5(9(12)16)17(14,15)13-8-3-2-6(11)4-7(8)10/h2-5,13H,1H3,(H2,12,16). The lowest BCUT2D eigenvalue weighted by molar-refractivity contribution is 0.598. The van der Waals surface area contributed by atoms with E-state index in [2.05, 4.69) is 39.5 Å². The van der Waals surface area contributed by atoms with E-state index in [0.29, 0.717) is 10.7 Å². The zero-order valence-electron chi connectivity index (χ0n) is 8.78. The van der Waals surface area contributed by atoms with Gasteiger partial charge in [-0.1, -0.05) is 23.8 Å². The highest BCUT2D eigenvalue weighted by atomic mass is 127. The molecule has 1 aromatic rings. The number of hydrogen-bond acceptors (Lipinski definition) is 3. The van der Waals surface area contributed by atoms with Crippen LogP contribution < -0.4 is 10.5 Å². The molecule has 1 atom stereocenters. The van der Waals surface area contributed by atoms with Gasteiger partial charge in [0.15, 0.2) is 0 Å². The summed E-state index contributed by atoms with van der Waals surface area (Å²) in [6, 6.07) is 5.00. The van der Waals surface area contributed by atoms with E-state index in [1.165, 1.54) is 6.92 Å². The summed E-state index contributed by atoms with van der Waals surface area (Å²) in [5.74, 6) is 0. The summed E-state index contributed by atoms with van der Waals surface area (Å²) in [5, 5.41) is -0.622. The van der Waals surface area contributed by atoms with Crippen molar-refractivity contribution in [1.29, 1.82) is 0 Å². The number of thiocarbonyl (C=S) groups is 1. The molecular weight excluding hydrogens is 395 g/mol. The van der Waals surface area contributed by atoms with Gasteiger partial charge in [0.2, 0.25) is 10.0 Å². The molecule has 0 amide bonds. The Bertz CT molecular complexity index is 548. The molecule has 0 fully saturated rings. The lowest BCUT2D eigenvalue weighted by Crippen LogP contribution is -2.35. The summed E-state index contributed by atoms with van der Waals surface area (Å²) in [6.45, 7) is 1.42. The average Bonchev–Trinajstić information content (AvgIpc) is 2.21. The molecule has 3 N–H and O–H groups in total. The number of benzene rings is 1. The van der Waals surface area contributed by atoms with Crippen LogP contribution in [0.2, 0.25) is 5.02 Å². The predicted octanol–water partition coefficient (Wildman–Crippen LogP) is 2.36. The molecule has 0 spiro atoms. The quantitative estimate of drug-likeness (QED) is 0.597. The van der Waals surface area contributed by atoms with Gasteiger partial charge in [-0.2, -0.15) is 0 Å². The van der Waals surface area contributed by atoms with Crippen LogP contribution in [0, 0.1) is 3.57 Å². The van der Waals surface area contributed by atoms with Crippen molar-refractivity contribution in [2.75, 3.05) is 4.72 Å². The van der Waals surface area contributed by atoms with E-state index in [1.54, 1.807) is 18.2 Å². The van der Waals surface area contributed by atoms with Crippen molar-refractivity contribution in [3.63, 3.8) is 0 Å². The molecule has 94 valence electrons. The van der Waals surface area contributed by atoms with E-state index < -0.39 is 15.3 Å². The van der Waals surface area contributed by atoms with Crippen molar-refractivity contribution in [2.45, 2.75) is 12.2 Å². The van der Waals surface area contributed by atoms with Gasteiger partial charge in [0.05, 0.1) is 15.7 Å². The van der Waals surface area contributed by atoms with Gasteiger partial charge in [0.1, 0.15) is 5.25 Å². The van der Waals surface area contributed by atoms with Crippen LogP contribution in [-0.2, 0) is 10.0 Å². The van der Waals surface area contributed by atoms with Gasteiger partial charge in [-0.25, -0.2) is 8.42 Å². The molecule has 1 unspecified atom stereocenters. The first-order valence-corrected chi connectivity index (χ1v) is 7.91. The van der Waals surface area contributed by atoms with Gasteiger partial charge in [0, 0.05) is 3.57 Å². The van der Waals surface area contributed by atoms with Crippen LogP contribution in [0.25, 0.3) is 0 Å². The summed E-state index contributed by atoms with van der Waals surface area (Å²) >= 11 is 12.7. The summed E-state index contributed by atoms with van der Waals surface area (Å²) in [6.07, 6.45) is 0. The number of anilines is 1. The number of rotatable bonds is 4. The van der Waals surface area contributed by atoms with E-state index in [1.807, 2.05) is 0 Å². The second kappa shape index (κ2) is 5.68. The molecule has 0 radical (unpaired) electrons. The van der Waals surface area contributed by atoms with Crippen LogP contribution >= 0.6 is 46.4 Å². The molecule has 4 nitrogen and oxygen atoms in total. The first-order chi connectivity index (χ1) is 7.74. The zero-order chi connectivity index (χ0) is 13.2. The normalized spacial score (nSPS) is 13.1. The van der Waals surface area contributed by atoms with Crippen molar-refractivity contribution < 1.29 is 8.42 Å². The molecule has 1 aromatic carbocycles. The number of sulfonamides is 1. The Balaban J connectivity index is 3.02. The Morgan fingerprint density at radius 2 is 2.18 bits per heavy atom. The average molecular weight is 405 g/mol. The summed E-state index contributed by atoms with van der Waals surface area (Å²) in [5.41, 5.74) is 5.63. The van der Waals surface area contributed by atoms with Crippen molar-refractivity contribution in [1.82, 2.24) is 0 Å². The van der Waals surface area contributed by atoms with Crippen LogP contribution in [0.15, 0.2) is 18.2 Å². The van der Waals surface area contributed by atoms with Crippen LogP contribution in [0.3, 0.4) is 0 Å². The Kier molecular flexibility index (Phi) is 4.99. The third-order valence-electron chi connectivity index (χ3n) is 2.05. The van der Waals surface area contributed by atoms with E-state index >= 15 is 0 Å². The highest BCUT2D eigenvalue weighted by Crippen LogP contribution is 2.25. The molecule has 17 heavy (non-hydrogen) atoms. The van der Waals surface area contributed by atoms with E-state index in [-0.39, 0.29) is 4.99 Å². The van der Waals surface area contributed by atoms with Crippen LogP contribution in [0.4, 0.5) is 5.69 Å². The molecule has 0 aromatic heterocycles. The first-order valence-electron chi connectivity index (χ1n) is 4.50. The van der Waals surface area contributed by atoms with Gasteiger partial charge in [-0.05, 0) is 47.7 Å². The fraction of sp³-hybridized carbons (Fsp3) is 0.222. The molecule has 0 saturated heterocycles. The number of nitrogens with one attached hydrogen (secondary N) is 1. The maximum absolute atomic E-state index is 11.8. The Morgan fingerprint density at radius 1 is 1.59 bits per heavy atom. The molecular formula is C9H10ClIN2O2S2. The van der Waals surface area contributed by atoms with Crippen LogP contribution in [0.5, 0.6) is 0 Å². The van der Waals surface area contributed by atoms with Crippen molar-refractivity contribution in [3.05, 3.63) is 26.8 Å². The molecule has 0 aliphatic heterocycles. The van der Waals surface area contributed by atoms with Crippen molar-refractivity contribution in [3.8, 4) is 0 Å². The zero-order valence-corrected chi connectivity index (χ0v) is 13.3. The fourth-order valence-corrected chi connectivity index (χ4v) is 3.27. The lowest BCUT2D eigenvalue weighted by Gasteiger charge is -2.14. The minimum absolute atomic E-state index is 0.0841. The molecule has 0 aliphatic rings. The maximum Gasteiger partial charge on any atom is 0.241 e. The Hall–Kier alpha value is -0.120. The summed E-state index contributed by atoms with van der Waals surface area (Å²) in [4.78, 5) is -0.0841. The molecule has 8 heteroatoms. The second-order valence-corrected chi connectivity index (χ2v) is 7.44. The highest BCUT2D eigenvalue weighted by molar-refractivity contribution is 14.1. The van der Waals surface area contributed by atoms with Crippen LogP contribution in [-0.4, -0.2) is 18.7 Å². The molecule has 0 bridgehead atoms. The van der Waals surface area contributed by atoms with Crippen molar-refractivity contribution >= 4 is 67.1 Å². The fourth-order valence-electron chi connectivity index (χ4n) is 0.967. The molecule has 1 rings (SSSR count). The first kappa shape index (κ1) is 14.9. The predicted molar refractivity (Wildman–Crippen MR) is 83.0 cm³/mol. The smallest absolute Gasteiger partial charge is 0.241 e. The molecule has 0 saturated carbocycles. The summed E-state index contributed by atoms with van der Waals surface area (Å²) in [7, 11) is -3.65. The minimum Gasteiger partial charge on any atom is -0.392 e. The monoisotopic (exact) mass is 404 g/mol. The van der Waals surface area contributed by atoms with Gasteiger partial charge in [-0.3, -0.25) is 4.72 Å². The second-order valence-electron chi connectivity index (χ2n) is 3.32. The lowest BCUT2D eigenvalue weighted by atomic mass is 10.3. The number of nitrogens with two attached hydrogens (primary N) is 1. The Labute approximate surface area is 124 Å². The van der Waals surface area contributed by atoms with E-state index in [9.17, 15) is 8.42 Å². The third kappa shape index (κ3) is 3.94. The number of halogens is 2. The minimum atomic E-state index is -3.65. The Morgan fingerprint density at radius 3 is 2.65 bits per heavy atom. The van der Waals surface area contributed by atoms with Gasteiger partial charge in [-0.15, -0.1) is 0 Å². The van der Waals surface area contributed by atoms with E-state index in [4.69, 9.17) is 17.3 Å². The molecule has 0 aliphatic carbocycles. The van der Waals surface area contributed by atoms with Crippen molar-refractivity contribution in [2.24, 2.45) is 5.73 Å². The van der Waals surface area contributed by atoms with Crippen LogP contribution in [0.1, 0.15) is 6.92 Å². The third-order valence-corrected chi connectivity index (χ3v) is 5.23. The summed E-state index contributed by atoms with van der Waals surface area (Å²) < 4.78 is 27.0. The van der Waals surface area contributed by atoms with Gasteiger partial charge >= 0.3 is 0 Å². The largest absolute Gasteiger partial charge is 0.392 e. The van der Waals surface area contributed by atoms with E-state index in [0.717, 1.165) is 3.57 Å². The number of hydrogen-bond donors (Lipinski definition) is 2. The SMILES string of the molecule is CC(C(N)=S)S(=O)(=O)Nc1ccc(I)cc1Cl. The highest BCUT2D eigenvalue weighted by Gasteiger charge is 2.23. The van der Waals surface area contributed by atoms with Gasteiger partial charge in [0.25, 0.3) is 0 Å². The topological polar surface area (TPSA) is 72.2 Å². The van der Waals surface area contributed by atoms with Gasteiger partial charge < -0.3 is 5.73 Å². The molecule has 0 heterocycles.